The van der Waals surface area contributed by atoms with E-state index in [1.54, 1.807) is 0 Å². The maximum absolute atomic E-state index is 10.5. The van der Waals surface area contributed by atoms with Crippen LogP contribution in [0.15, 0.2) is 0 Å². The summed E-state index contributed by atoms with van der Waals surface area (Å²) in [6, 6.07) is 0. The number of alkyl halides is 3. The van der Waals surface area contributed by atoms with Gasteiger partial charge in [-0.15, -0.1) is 34.8 Å². The molecule has 0 bridgehead atoms. The normalized spacial score (nSPS) is 11.9. The SMILES string of the molecule is CNC(=O)C(Cl)C(C)=O.CNC(=O)C(Cl)C(C)=O.CNC(=O)C(Cl)C(C)=O.[Fe+3]. The van der Waals surface area contributed by atoms with E-state index in [4.69, 9.17) is 34.8 Å². The molecule has 0 aromatic carbocycles. The molecule has 3 atom stereocenters. The average Bonchev–Trinajstić information content (AvgIpc) is 2.64. The van der Waals surface area contributed by atoms with Gasteiger partial charge in [0.1, 0.15) is 0 Å². The molecule has 3 amide bonds. The van der Waals surface area contributed by atoms with E-state index >= 15 is 0 Å². The number of halogens is 3. The van der Waals surface area contributed by atoms with Gasteiger partial charge >= 0.3 is 17.1 Å². The number of Topliss-reactive ketones (excluding diaryl/α,β-unsaturated/α-hetero) is 3. The van der Waals surface area contributed by atoms with E-state index in [0.717, 1.165) is 0 Å². The zero-order valence-electron chi connectivity index (χ0n) is 16.2. The van der Waals surface area contributed by atoms with Crippen molar-refractivity contribution in [3.8, 4) is 0 Å². The number of hydrogen-bond acceptors (Lipinski definition) is 6. The van der Waals surface area contributed by atoms with Gasteiger partial charge in [-0.05, 0) is 20.8 Å². The van der Waals surface area contributed by atoms with E-state index < -0.39 is 33.9 Å². The quantitative estimate of drug-likeness (QED) is 0.260. The van der Waals surface area contributed by atoms with Crippen molar-refractivity contribution in [3.63, 3.8) is 0 Å². The first-order chi connectivity index (χ1) is 12.3. The summed E-state index contributed by atoms with van der Waals surface area (Å²) in [5, 5.41) is 3.67. The van der Waals surface area contributed by atoms with Gasteiger partial charge in [-0.25, -0.2) is 0 Å². The maximum atomic E-state index is 10.5. The molecule has 0 saturated heterocycles. The first-order valence-corrected chi connectivity index (χ1v) is 8.67. The average molecular weight is 505 g/mol. The number of carbonyl (C=O) groups excluding carboxylic acids is 6. The predicted octanol–water partition coefficient (Wildman–Crippen LogP) is -0.216. The third-order valence-electron chi connectivity index (χ3n) is 2.50. The van der Waals surface area contributed by atoms with Gasteiger partial charge in [-0.1, -0.05) is 0 Å². The summed E-state index contributed by atoms with van der Waals surface area (Å²) in [4.78, 5) is 62.5. The minimum absolute atomic E-state index is 0. The summed E-state index contributed by atoms with van der Waals surface area (Å²) in [5.74, 6) is -2.37. The number of carbonyl (C=O) groups is 6. The third kappa shape index (κ3) is 16.9. The van der Waals surface area contributed by atoms with Gasteiger partial charge in [0.25, 0.3) is 0 Å². The topological polar surface area (TPSA) is 139 Å². The van der Waals surface area contributed by atoms with Crippen LogP contribution in [0.5, 0.6) is 0 Å². The van der Waals surface area contributed by atoms with Crippen LogP contribution >= 0.6 is 34.8 Å². The predicted molar refractivity (Wildman–Crippen MR) is 103 cm³/mol. The number of hydrogen-bond donors (Lipinski definition) is 3. The Kier molecular flexibility index (Phi) is 23.5. The standard InChI is InChI=1S/3C5H8ClNO2.Fe/c3*1-3(8)4(6)5(9)7-2;/h3*4H,1-2H3,(H,7,9);/q;;;+3. The fraction of sp³-hybridized carbons (Fsp3) is 0.600. The van der Waals surface area contributed by atoms with Crippen LogP contribution in [-0.4, -0.2) is 72.3 Å². The fourth-order valence-electron chi connectivity index (χ4n) is 0.934. The van der Waals surface area contributed by atoms with Crippen LogP contribution in [-0.2, 0) is 45.8 Å². The van der Waals surface area contributed by atoms with Gasteiger partial charge in [0.15, 0.2) is 33.5 Å². The molecule has 0 aliphatic carbocycles. The van der Waals surface area contributed by atoms with Crippen molar-refractivity contribution in [1.29, 1.82) is 0 Å². The van der Waals surface area contributed by atoms with Gasteiger partial charge in [0.05, 0.1) is 0 Å². The van der Waals surface area contributed by atoms with E-state index in [9.17, 15) is 28.8 Å². The summed E-state index contributed by atoms with van der Waals surface area (Å²) in [6.45, 7) is 3.81. The molecule has 9 nitrogen and oxygen atoms in total. The minimum Gasteiger partial charge on any atom is -0.357 e. The number of amides is 3. The molecular weight excluding hydrogens is 480 g/mol. The Morgan fingerprint density at radius 1 is 0.536 bits per heavy atom. The summed E-state index contributed by atoms with van der Waals surface area (Å²) < 4.78 is 0. The first kappa shape index (κ1) is 34.3. The van der Waals surface area contributed by atoms with Crippen molar-refractivity contribution >= 4 is 69.9 Å². The molecule has 0 heterocycles. The molecule has 3 unspecified atom stereocenters. The molecule has 0 saturated carbocycles. The Hall–Kier alpha value is -1.19. The van der Waals surface area contributed by atoms with Crippen LogP contribution in [0.4, 0.5) is 0 Å². The van der Waals surface area contributed by atoms with E-state index in [1.807, 2.05) is 0 Å². The molecule has 161 valence electrons. The molecule has 28 heavy (non-hydrogen) atoms. The molecule has 0 aliphatic heterocycles. The largest absolute Gasteiger partial charge is 3.00 e. The van der Waals surface area contributed by atoms with E-state index in [0.29, 0.717) is 0 Å². The van der Waals surface area contributed by atoms with Crippen molar-refractivity contribution in [3.05, 3.63) is 0 Å². The number of ketones is 3. The van der Waals surface area contributed by atoms with Crippen molar-refractivity contribution in [2.45, 2.75) is 36.9 Å². The van der Waals surface area contributed by atoms with Gasteiger partial charge in [-0.3, -0.25) is 28.8 Å². The first-order valence-electron chi connectivity index (χ1n) is 7.36. The smallest absolute Gasteiger partial charge is 0.357 e. The van der Waals surface area contributed by atoms with Crippen molar-refractivity contribution < 1.29 is 45.8 Å². The summed E-state index contributed by atoms with van der Waals surface area (Å²) in [5.41, 5.74) is 0. The van der Waals surface area contributed by atoms with E-state index in [1.165, 1.54) is 41.9 Å². The van der Waals surface area contributed by atoms with Crippen molar-refractivity contribution in [1.82, 2.24) is 16.0 Å². The van der Waals surface area contributed by atoms with Crippen LogP contribution in [0, 0.1) is 0 Å². The molecule has 0 fully saturated rings. The molecular formula is C15H24Cl3FeN3O6+3. The fourth-order valence-corrected chi connectivity index (χ4v) is 1.26. The molecule has 0 aliphatic rings. The Bertz CT molecular complexity index is 487. The Balaban J connectivity index is -0.000000152. The summed E-state index contributed by atoms with van der Waals surface area (Å²) in [7, 11) is 4.29. The van der Waals surface area contributed by atoms with E-state index in [-0.39, 0.29) is 34.4 Å². The van der Waals surface area contributed by atoms with Crippen LogP contribution in [0.25, 0.3) is 0 Å². The molecule has 13 heteroatoms. The molecule has 0 aromatic heterocycles. The second kappa shape index (κ2) is 19.1. The number of rotatable bonds is 6. The molecule has 1 radical (unpaired) electrons. The molecule has 0 aromatic rings. The molecule has 0 rings (SSSR count). The van der Waals surface area contributed by atoms with Crippen LogP contribution < -0.4 is 16.0 Å². The van der Waals surface area contributed by atoms with E-state index in [2.05, 4.69) is 16.0 Å². The van der Waals surface area contributed by atoms with Gasteiger partial charge in [0.2, 0.25) is 17.7 Å². The summed E-state index contributed by atoms with van der Waals surface area (Å²) in [6.07, 6.45) is 0. The van der Waals surface area contributed by atoms with Crippen LogP contribution in [0.1, 0.15) is 20.8 Å². The maximum Gasteiger partial charge on any atom is 3.00 e. The monoisotopic (exact) mass is 503 g/mol. The minimum atomic E-state index is -1.03. The van der Waals surface area contributed by atoms with Gasteiger partial charge in [0, 0.05) is 21.1 Å². The zero-order valence-corrected chi connectivity index (χ0v) is 19.5. The summed E-state index contributed by atoms with van der Waals surface area (Å²) >= 11 is 15.9. The van der Waals surface area contributed by atoms with Gasteiger partial charge in [-0.2, -0.15) is 0 Å². The van der Waals surface area contributed by atoms with Crippen LogP contribution in [0.2, 0.25) is 0 Å². The zero-order chi connectivity index (χ0) is 22.3. The third-order valence-corrected chi connectivity index (χ3v) is 4.02. The second-order valence-corrected chi connectivity index (χ2v) is 6.07. The Labute approximate surface area is 189 Å². The van der Waals surface area contributed by atoms with Crippen LogP contribution in [0.3, 0.4) is 0 Å². The number of nitrogens with one attached hydrogen (secondary N) is 3. The Morgan fingerprint density at radius 2 is 0.679 bits per heavy atom. The van der Waals surface area contributed by atoms with Gasteiger partial charge < -0.3 is 16.0 Å². The van der Waals surface area contributed by atoms with Crippen molar-refractivity contribution in [2.75, 3.05) is 21.1 Å². The van der Waals surface area contributed by atoms with Crippen molar-refractivity contribution in [2.24, 2.45) is 0 Å². The molecule has 0 spiro atoms. The second-order valence-electron chi connectivity index (χ2n) is 4.76. The Morgan fingerprint density at radius 3 is 0.714 bits per heavy atom. The molecule has 3 N–H and O–H groups in total.